The molecule has 1 N–H and O–H groups in total. The minimum atomic E-state index is -0.430. The highest BCUT2D eigenvalue weighted by Crippen LogP contribution is 2.25. The third kappa shape index (κ3) is 5.06. The van der Waals surface area contributed by atoms with Gasteiger partial charge >= 0.3 is 0 Å². The standard InChI is InChI=1S/C20H30N4O3/c1-3-14-27-17-6-4-16(5-7-17)24-19(25)15-18(20(24)26)21-8-9-23-12-10-22(2)11-13-23/h4-7,18,21H,3,8-15H2,1-2H3/t18-/m0/s1. The van der Waals surface area contributed by atoms with Crippen LogP contribution in [0.5, 0.6) is 5.75 Å². The van der Waals surface area contributed by atoms with Gasteiger partial charge in [-0.1, -0.05) is 6.92 Å². The number of nitrogens with zero attached hydrogens (tertiary/aromatic N) is 3. The Bertz CT molecular complexity index is 641. The third-order valence-electron chi connectivity index (χ3n) is 5.13. The SMILES string of the molecule is CCCOc1ccc(N2C(=O)C[C@H](NCCN3CCN(C)CC3)C2=O)cc1. The number of rotatable bonds is 8. The number of carbonyl (C=O) groups is 2. The largest absolute Gasteiger partial charge is 0.494 e. The van der Waals surface area contributed by atoms with Gasteiger partial charge in [0, 0.05) is 39.3 Å². The molecule has 1 atom stereocenters. The van der Waals surface area contributed by atoms with Gasteiger partial charge in [0.1, 0.15) is 5.75 Å². The van der Waals surface area contributed by atoms with Crippen LogP contribution >= 0.6 is 0 Å². The minimum Gasteiger partial charge on any atom is -0.494 e. The summed E-state index contributed by atoms with van der Waals surface area (Å²) in [5, 5.41) is 3.27. The van der Waals surface area contributed by atoms with Crippen molar-refractivity contribution in [2.24, 2.45) is 0 Å². The summed E-state index contributed by atoms with van der Waals surface area (Å²) in [5.41, 5.74) is 0.609. The molecule has 0 aliphatic carbocycles. The lowest BCUT2D eigenvalue weighted by atomic mass is 10.2. The normalized spacial score (nSPS) is 21.9. The van der Waals surface area contributed by atoms with E-state index in [-0.39, 0.29) is 18.2 Å². The molecule has 1 aromatic rings. The lowest BCUT2D eigenvalue weighted by Crippen LogP contribution is -2.48. The molecule has 2 heterocycles. The summed E-state index contributed by atoms with van der Waals surface area (Å²) in [5.74, 6) is 0.432. The van der Waals surface area contributed by atoms with Gasteiger partial charge in [0.2, 0.25) is 5.91 Å². The Hall–Kier alpha value is -1.96. The van der Waals surface area contributed by atoms with E-state index in [2.05, 4.69) is 22.2 Å². The highest BCUT2D eigenvalue weighted by atomic mass is 16.5. The van der Waals surface area contributed by atoms with Crippen LogP contribution in [0.1, 0.15) is 19.8 Å². The fourth-order valence-electron chi connectivity index (χ4n) is 3.44. The molecular formula is C20H30N4O3. The van der Waals surface area contributed by atoms with Crippen LogP contribution in [0.15, 0.2) is 24.3 Å². The summed E-state index contributed by atoms with van der Waals surface area (Å²) >= 11 is 0. The molecule has 148 valence electrons. The smallest absolute Gasteiger partial charge is 0.251 e. The Labute approximate surface area is 161 Å². The van der Waals surface area contributed by atoms with Crippen LogP contribution in [0.25, 0.3) is 0 Å². The van der Waals surface area contributed by atoms with Gasteiger partial charge in [0.25, 0.3) is 5.91 Å². The number of ether oxygens (including phenoxy) is 1. The van der Waals surface area contributed by atoms with Gasteiger partial charge in [-0.25, -0.2) is 4.90 Å². The van der Waals surface area contributed by atoms with Gasteiger partial charge in [-0.2, -0.15) is 0 Å². The van der Waals surface area contributed by atoms with Gasteiger partial charge in [0.05, 0.1) is 24.8 Å². The van der Waals surface area contributed by atoms with E-state index in [0.29, 0.717) is 18.8 Å². The van der Waals surface area contributed by atoms with Crippen molar-refractivity contribution >= 4 is 17.5 Å². The molecule has 0 radical (unpaired) electrons. The number of piperazine rings is 1. The van der Waals surface area contributed by atoms with Crippen LogP contribution in [0, 0.1) is 0 Å². The number of carbonyl (C=O) groups excluding carboxylic acids is 2. The molecule has 7 heteroatoms. The molecule has 2 aliphatic heterocycles. The predicted octanol–water partition coefficient (Wildman–Crippen LogP) is 0.944. The number of amides is 2. The number of imide groups is 1. The molecule has 2 aliphatic rings. The third-order valence-corrected chi connectivity index (χ3v) is 5.13. The highest BCUT2D eigenvalue weighted by Gasteiger charge is 2.39. The topological polar surface area (TPSA) is 65.1 Å². The Morgan fingerprint density at radius 1 is 1.11 bits per heavy atom. The van der Waals surface area contributed by atoms with Crippen molar-refractivity contribution in [1.29, 1.82) is 0 Å². The Kier molecular flexibility index (Phi) is 6.82. The van der Waals surface area contributed by atoms with E-state index in [1.165, 1.54) is 4.90 Å². The summed E-state index contributed by atoms with van der Waals surface area (Å²) < 4.78 is 5.56. The summed E-state index contributed by atoms with van der Waals surface area (Å²) in [7, 11) is 2.13. The zero-order valence-electron chi connectivity index (χ0n) is 16.3. The minimum absolute atomic E-state index is 0.153. The van der Waals surface area contributed by atoms with Crippen molar-refractivity contribution in [3.63, 3.8) is 0 Å². The molecule has 1 aromatic carbocycles. The van der Waals surface area contributed by atoms with E-state index < -0.39 is 6.04 Å². The number of benzene rings is 1. The van der Waals surface area contributed by atoms with Crippen LogP contribution in [-0.2, 0) is 9.59 Å². The van der Waals surface area contributed by atoms with Crippen molar-refractivity contribution in [1.82, 2.24) is 15.1 Å². The van der Waals surface area contributed by atoms with Crippen molar-refractivity contribution in [2.75, 3.05) is 57.8 Å². The van der Waals surface area contributed by atoms with Gasteiger partial charge in [-0.3, -0.25) is 14.5 Å². The average Bonchev–Trinajstić information content (AvgIpc) is 2.96. The summed E-state index contributed by atoms with van der Waals surface area (Å²) in [6.07, 6.45) is 1.15. The van der Waals surface area contributed by atoms with Crippen molar-refractivity contribution in [2.45, 2.75) is 25.8 Å². The second-order valence-electron chi connectivity index (χ2n) is 7.27. The maximum Gasteiger partial charge on any atom is 0.251 e. The molecule has 0 bridgehead atoms. The maximum atomic E-state index is 12.7. The predicted molar refractivity (Wildman–Crippen MR) is 105 cm³/mol. The van der Waals surface area contributed by atoms with Crippen LogP contribution in [0.2, 0.25) is 0 Å². The molecule has 27 heavy (non-hydrogen) atoms. The molecule has 2 amide bonds. The van der Waals surface area contributed by atoms with Crippen molar-refractivity contribution in [3.05, 3.63) is 24.3 Å². The molecule has 2 saturated heterocycles. The van der Waals surface area contributed by atoms with Crippen LogP contribution in [-0.4, -0.2) is 80.6 Å². The number of anilines is 1. The maximum absolute atomic E-state index is 12.7. The lowest BCUT2D eigenvalue weighted by molar-refractivity contribution is -0.121. The van der Waals surface area contributed by atoms with Crippen LogP contribution < -0.4 is 15.0 Å². The summed E-state index contributed by atoms with van der Waals surface area (Å²) in [4.78, 5) is 31.1. The first-order valence-electron chi connectivity index (χ1n) is 9.82. The van der Waals surface area contributed by atoms with E-state index in [1.54, 1.807) is 24.3 Å². The zero-order valence-corrected chi connectivity index (χ0v) is 16.3. The van der Waals surface area contributed by atoms with Gasteiger partial charge < -0.3 is 15.0 Å². The molecule has 0 spiro atoms. The van der Waals surface area contributed by atoms with Crippen LogP contribution in [0.4, 0.5) is 5.69 Å². The number of hydrogen-bond acceptors (Lipinski definition) is 6. The number of hydrogen-bond donors (Lipinski definition) is 1. The molecule has 2 fully saturated rings. The van der Waals surface area contributed by atoms with Gasteiger partial charge in [-0.15, -0.1) is 0 Å². The fourth-order valence-corrected chi connectivity index (χ4v) is 3.44. The monoisotopic (exact) mass is 374 g/mol. The van der Waals surface area contributed by atoms with Crippen molar-refractivity contribution in [3.8, 4) is 5.75 Å². The van der Waals surface area contributed by atoms with Gasteiger partial charge in [0.15, 0.2) is 0 Å². The highest BCUT2D eigenvalue weighted by molar-refractivity contribution is 6.22. The van der Waals surface area contributed by atoms with Crippen molar-refractivity contribution < 1.29 is 14.3 Å². The van der Waals surface area contributed by atoms with E-state index in [0.717, 1.165) is 44.9 Å². The molecule has 7 nitrogen and oxygen atoms in total. The molecule has 0 unspecified atom stereocenters. The van der Waals surface area contributed by atoms with E-state index in [9.17, 15) is 9.59 Å². The summed E-state index contributed by atoms with van der Waals surface area (Å²) in [6, 6.07) is 6.72. The van der Waals surface area contributed by atoms with E-state index >= 15 is 0 Å². The molecular weight excluding hydrogens is 344 g/mol. The lowest BCUT2D eigenvalue weighted by Gasteiger charge is -2.32. The Balaban J connectivity index is 1.50. The zero-order chi connectivity index (χ0) is 19.2. The fraction of sp³-hybridized carbons (Fsp3) is 0.600. The van der Waals surface area contributed by atoms with Crippen LogP contribution in [0.3, 0.4) is 0 Å². The quantitative estimate of drug-likeness (QED) is 0.684. The Morgan fingerprint density at radius 2 is 1.81 bits per heavy atom. The second-order valence-corrected chi connectivity index (χ2v) is 7.27. The average molecular weight is 374 g/mol. The first-order chi connectivity index (χ1) is 13.1. The second kappa shape index (κ2) is 9.30. The Morgan fingerprint density at radius 3 is 2.48 bits per heavy atom. The number of nitrogens with one attached hydrogen (secondary N) is 1. The van der Waals surface area contributed by atoms with Gasteiger partial charge in [-0.05, 0) is 37.7 Å². The summed E-state index contributed by atoms with van der Waals surface area (Å²) in [6.45, 7) is 8.56. The van der Waals surface area contributed by atoms with E-state index in [1.807, 2.05) is 6.92 Å². The van der Waals surface area contributed by atoms with E-state index in [4.69, 9.17) is 4.74 Å². The first-order valence-corrected chi connectivity index (χ1v) is 9.82. The molecule has 0 saturated carbocycles. The first kappa shape index (κ1) is 19.8. The molecule has 3 rings (SSSR count). The number of likely N-dealkylation sites (N-methyl/N-ethyl adjacent to an activating group) is 1. The molecule has 0 aromatic heterocycles.